The molecule has 1 atom stereocenters. The molecule has 32 heavy (non-hydrogen) atoms. The molecule has 0 spiro atoms. The van der Waals surface area contributed by atoms with E-state index in [2.05, 4.69) is 10.6 Å². The molecule has 2 aromatic rings. The average molecular weight is 485 g/mol. The zero-order valence-electron chi connectivity index (χ0n) is 18.0. The third-order valence-electron chi connectivity index (χ3n) is 4.08. The highest BCUT2D eigenvalue weighted by molar-refractivity contribution is 6.42. The van der Waals surface area contributed by atoms with Gasteiger partial charge in [0.25, 0.3) is 11.8 Å². The summed E-state index contributed by atoms with van der Waals surface area (Å²) in [7, 11) is 1.43. The first-order chi connectivity index (χ1) is 15.2. The fourth-order valence-corrected chi connectivity index (χ4v) is 2.93. The lowest BCUT2D eigenvalue weighted by Gasteiger charge is -2.15. The lowest BCUT2D eigenvalue weighted by molar-refractivity contribution is -0.123. The number of nitrogens with one attached hydrogen (secondary N) is 2. The molecule has 10 heteroatoms. The Balaban J connectivity index is 1.88. The minimum absolute atomic E-state index is 0.00213. The predicted molar refractivity (Wildman–Crippen MR) is 122 cm³/mol. The number of benzene rings is 2. The first-order valence-corrected chi connectivity index (χ1v) is 10.6. The van der Waals surface area contributed by atoms with Gasteiger partial charge in [-0.1, -0.05) is 29.3 Å². The van der Waals surface area contributed by atoms with Crippen LogP contribution in [0.5, 0.6) is 17.2 Å². The van der Waals surface area contributed by atoms with Crippen LogP contribution in [-0.4, -0.2) is 55.9 Å². The molecule has 0 aliphatic carbocycles. The number of carbonyl (C=O) groups excluding carboxylic acids is 2. The van der Waals surface area contributed by atoms with E-state index in [0.717, 1.165) is 0 Å². The molecule has 0 aromatic heterocycles. The molecular weight excluding hydrogens is 459 g/mol. The monoisotopic (exact) mass is 484 g/mol. The van der Waals surface area contributed by atoms with E-state index in [9.17, 15) is 14.7 Å². The van der Waals surface area contributed by atoms with E-state index < -0.39 is 12.0 Å². The van der Waals surface area contributed by atoms with Crippen LogP contribution in [0.1, 0.15) is 24.2 Å². The molecule has 0 aliphatic heterocycles. The van der Waals surface area contributed by atoms with Crippen LogP contribution in [-0.2, 0) is 4.79 Å². The van der Waals surface area contributed by atoms with Crippen molar-refractivity contribution in [2.75, 3.05) is 26.9 Å². The number of aliphatic hydroxyl groups excluding tert-OH is 1. The number of aliphatic hydroxyl groups is 1. The Kier molecular flexibility index (Phi) is 9.90. The van der Waals surface area contributed by atoms with Gasteiger partial charge in [0, 0.05) is 18.2 Å². The summed E-state index contributed by atoms with van der Waals surface area (Å²) in [6, 6.07) is 9.48. The standard InChI is InChI=1S/C22H26Cl2N2O6/c1-13(2)26-20(28)12-32-17-8-7-14(9-19(17)30-3)22(29)25-10-15(27)11-31-18-6-4-5-16(23)21(18)24/h4-9,13,15,27H,10-12H2,1-3H3,(H,25,29)(H,26,28). The predicted octanol–water partition coefficient (Wildman–Crippen LogP) is 3.08. The van der Waals surface area contributed by atoms with Crippen molar-refractivity contribution >= 4 is 35.0 Å². The van der Waals surface area contributed by atoms with Crippen LogP contribution < -0.4 is 24.8 Å². The second-order valence-electron chi connectivity index (χ2n) is 7.10. The van der Waals surface area contributed by atoms with E-state index in [1.807, 2.05) is 13.8 Å². The fourth-order valence-electron chi connectivity index (χ4n) is 2.59. The normalized spacial score (nSPS) is 11.6. The zero-order valence-corrected chi connectivity index (χ0v) is 19.5. The molecule has 0 saturated carbocycles. The van der Waals surface area contributed by atoms with Crippen molar-refractivity contribution in [3.63, 3.8) is 0 Å². The zero-order chi connectivity index (χ0) is 23.7. The molecule has 2 aromatic carbocycles. The summed E-state index contributed by atoms with van der Waals surface area (Å²) < 4.78 is 16.2. The molecule has 1 unspecified atom stereocenters. The fraction of sp³-hybridized carbons (Fsp3) is 0.364. The van der Waals surface area contributed by atoms with Gasteiger partial charge < -0.3 is 30.0 Å². The number of carbonyl (C=O) groups is 2. The van der Waals surface area contributed by atoms with Gasteiger partial charge >= 0.3 is 0 Å². The van der Waals surface area contributed by atoms with Crippen molar-refractivity contribution in [3.8, 4) is 17.2 Å². The molecule has 0 heterocycles. The first kappa shape index (κ1) is 25.6. The van der Waals surface area contributed by atoms with Gasteiger partial charge in [0.1, 0.15) is 23.5 Å². The largest absolute Gasteiger partial charge is 0.493 e. The topological polar surface area (TPSA) is 106 Å². The Morgan fingerprint density at radius 3 is 2.50 bits per heavy atom. The van der Waals surface area contributed by atoms with Crippen LogP contribution >= 0.6 is 23.2 Å². The Morgan fingerprint density at radius 2 is 1.81 bits per heavy atom. The third-order valence-corrected chi connectivity index (χ3v) is 4.88. The smallest absolute Gasteiger partial charge is 0.258 e. The number of halogens is 2. The maximum Gasteiger partial charge on any atom is 0.258 e. The van der Waals surface area contributed by atoms with Gasteiger partial charge in [-0.05, 0) is 44.2 Å². The molecule has 174 valence electrons. The summed E-state index contributed by atoms with van der Waals surface area (Å²) in [6.07, 6.45) is -0.974. The lowest BCUT2D eigenvalue weighted by atomic mass is 10.2. The maximum atomic E-state index is 12.4. The molecule has 0 saturated heterocycles. The van der Waals surface area contributed by atoms with Crippen LogP contribution in [0.25, 0.3) is 0 Å². The number of rotatable bonds is 11. The van der Waals surface area contributed by atoms with Gasteiger partial charge in [-0.2, -0.15) is 0 Å². The second kappa shape index (κ2) is 12.4. The van der Waals surface area contributed by atoms with E-state index in [1.54, 1.807) is 18.2 Å². The van der Waals surface area contributed by atoms with Crippen LogP contribution in [0.3, 0.4) is 0 Å². The Morgan fingerprint density at radius 1 is 1.06 bits per heavy atom. The second-order valence-corrected chi connectivity index (χ2v) is 7.89. The molecule has 3 N–H and O–H groups in total. The summed E-state index contributed by atoms with van der Waals surface area (Å²) in [6.45, 7) is 3.38. The molecular formula is C22H26Cl2N2O6. The minimum atomic E-state index is -0.974. The number of methoxy groups -OCH3 is 1. The maximum absolute atomic E-state index is 12.4. The summed E-state index contributed by atoms with van der Waals surface area (Å²) in [5, 5.41) is 16.0. The van der Waals surface area contributed by atoms with E-state index >= 15 is 0 Å². The van der Waals surface area contributed by atoms with Crippen molar-refractivity contribution in [3.05, 3.63) is 52.0 Å². The average Bonchev–Trinajstić information content (AvgIpc) is 2.76. The first-order valence-electron chi connectivity index (χ1n) is 9.84. The summed E-state index contributed by atoms with van der Waals surface area (Å²) in [4.78, 5) is 24.2. The Labute approximate surface area is 196 Å². The molecule has 8 nitrogen and oxygen atoms in total. The summed E-state index contributed by atoms with van der Waals surface area (Å²) >= 11 is 12.0. The summed E-state index contributed by atoms with van der Waals surface area (Å²) in [5.41, 5.74) is 0.298. The third kappa shape index (κ3) is 7.78. The van der Waals surface area contributed by atoms with Gasteiger partial charge in [0.2, 0.25) is 0 Å². The highest BCUT2D eigenvalue weighted by atomic mass is 35.5. The molecule has 2 amide bonds. The van der Waals surface area contributed by atoms with Gasteiger partial charge in [-0.15, -0.1) is 0 Å². The number of amides is 2. The van der Waals surface area contributed by atoms with Crippen LogP contribution in [0.4, 0.5) is 0 Å². The number of hydrogen-bond donors (Lipinski definition) is 3. The van der Waals surface area contributed by atoms with Crippen molar-refractivity contribution in [1.82, 2.24) is 10.6 Å². The number of ether oxygens (including phenoxy) is 3. The van der Waals surface area contributed by atoms with Crippen molar-refractivity contribution in [2.45, 2.75) is 26.0 Å². The SMILES string of the molecule is COc1cc(C(=O)NCC(O)COc2cccc(Cl)c2Cl)ccc1OCC(=O)NC(C)C. The van der Waals surface area contributed by atoms with Gasteiger partial charge in [0.15, 0.2) is 18.1 Å². The van der Waals surface area contributed by atoms with Crippen LogP contribution in [0.2, 0.25) is 10.0 Å². The van der Waals surface area contributed by atoms with E-state index in [4.69, 9.17) is 37.4 Å². The number of hydrogen-bond acceptors (Lipinski definition) is 6. The molecule has 0 aliphatic rings. The van der Waals surface area contributed by atoms with Gasteiger partial charge in [-0.3, -0.25) is 9.59 Å². The molecule has 0 fully saturated rings. The van der Waals surface area contributed by atoms with Crippen LogP contribution in [0, 0.1) is 0 Å². The Hall–Kier alpha value is -2.68. The van der Waals surface area contributed by atoms with E-state index in [0.29, 0.717) is 27.8 Å². The minimum Gasteiger partial charge on any atom is -0.493 e. The highest BCUT2D eigenvalue weighted by Gasteiger charge is 2.15. The molecule has 0 radical (unpaired) electrons. The summed E-state index contributed by atoms with van der Waals surface area (Å²) in [5.74, 6) is 0.280. The van der Waals surface area contributed by atoms with E-state index in [-0.39, 0.29) is 36.7 Å². The molecule has 2 rings (SSSR count). The molecule has 0 bridgehead atoms. The van der Waals surface area contributed by atoms with Gasteiger partial charge in [-0.25, -0.2) is 0 Å². The van der Waals surface area contributed by atoms with Crippen molar-refractivity contribution < 1.29 is 28.9 Å². The van der Waals surface area contributed by atoms with Gasteiger partial charge in [0.05, 0.1) is 12.1 Å². The highest BCUT2D eigenvalue weighted by Crippen LogP contribution is 2.31. The van der Waals surface area contributed by atoms with Crippen molar-refractivity contribution in [1.29, 1.82) is 0 Å². The lowest BCUT2D eigenvalue weighted by Crippen LogP contribution is -2.35. The Bertz CT molecular complexity index is 939. The quantitative estimate of drug-likeness (QED) is 0.452. The van der Waals surface area contributed by atoms with E-state index in [1.165, 1.54) is 25.3 Å². The van der Waals surface area contributed by atoms with Crippen molar-refractivity contribution in [2.24, 2.45) is 0 Å². The van der Waals surface area contributed by atoms with Crippen LogP contribution in [0.15, 0.2) is 36.4 Å².